The van der Waals surface area contributed by atoms with Crippen LogP contribution in [-0.2, 0) is 17.5 Å². The molecule has 0 saturated carbocycles. The molecule has 0 spiro atoms. The maximum absolute atomic E-state index is 12.5. The van der Waals surface area contributed by atoms with E-state index in [4.69, 9.17) is 10.00 Å². The molecule has 0 aliphatic carbocycles. The van der Waals surface area contributed by atoms with Gasteiger partial charge < -0.3 is 4.74 Å². The molecule has 7 heteroatoms. The van der Waals surface area contributed by atoms with E-state index in [0.29, 0.717) is 11.1 Å². The van der Waals surface area contributed by atoms with E-state index in [-0.39, 0.29) is 24.4 Å². The Kier molecular flexibility index (Phi) is 5.55. The molecule has 2 aromatic rings. The van der Waals surface area contributed by atoms with Crippen LogP contribution in [0.4, 0.5) is 13.2 Å². The summed E-state index contributed by atoms with van der Waals surface area (Å²) in [6, 6.07) is 11.6. The van der Waals surface area contributed by atoms with Crippen LogP contribution in [0.1, 0.15) is 38.3 Å². The molecule has 0 N–H and O–H groups in total. The summed E-state index contributed by atoms with van der Waals surface area (Å²) in [5.74, 6) is -1.02. The monoisotopic (exact) mass is 347 g/mol. The van der Waals surface area contributed by atoms with Crippen molar-refractivity contribution in [1.82, 2.24) is 0 Å². The molecule has 0 unspecified atom stereocenters. The molecular formula is C18H12F3NO3. The number of alkyl halides is 3. The molecule has 0 radical (unpaired) electrons. The Bertz CT molecular complexity index is 803. The number of nitriles is 1. The number of rotatable bonds is 5. The smallest absolute Gasteiger partial charge is 0.416 e. The lowest BCUT2D eigenvalue weighted by Gasteiger charge is -2.08. The molecule has 0 aliphatic heterocycles. The molecule has 0 saturated heterocycles. The van der Waals surface area contributed by atoms with Crippen molar-refractivity contribution in [1.29, 1.82) is 5.26 Å². The summed E-state index contributed by atoms with van der Waals surface area (Å²) < 4.78 is 42.4. The Morgan fingerprint density at radius 1 is 0.960 bits per heavy atom. The van der Waals surface area contributed by atoms with Gasteiger partial charge in [0.2, 0.25) is 0 Å². The average molecular weight is 347 g/mol. The first-order chi connectivity index (χ1) is 11.8. The predicted octanol–water partition coefficient (Wildman–Crippen LogP) is 4.16. The van der Waals surface area contributed by atoms with E-state index in [1.807, 2.05) is 0 Å². The van der Waals surface area contributed by atoms with Crippen molar-refractivity contribution < 1.29 is 27.5 Å². The number of hydrogen-bond donors (Lipinski definition) is 0. The van der Waals surface area contributed by atoms with E-state index in [9.17, 15) is 22.8 Å². The van der Waals surface area contributed by atoms with E-state index in [2.05, 4.69) is 0 Å². The van der Waals surface area contributed by atoms with Crippen LogP contribution >= 0.6 is 0 Å². The van der Waals surface area contributed by atoms with Crippen molar-refractivity contribution >= 4 is 11.8 Å². The van der Waals surface area contributed by atoms with Gasteiger partial charge >= 0.3 is 12.1 Å². The van der Waals surface area contributed by atoms with Crippen LogP contribution in [0.2, 0.25) is 0 Å². The first kappa shape index (κ1) is 18.2. The summed E-state index contributed by atoms with van der Waals surface area (Å²) in [6.45, 7) is -0.175. The molecule has 2 rings (SSSR count). The number of benzene rings is 2. The number of Topliss-reactive ketones (excluding diaryl/α,β-unsaturated/α-hetero) is 1. The van der Waals surface area contributed by atoms with Gasteiger partial charge in [-0.25, -0.2) is 4.79 Å². The van der Waals surface area contributed by atoms with Crippen LogP contribution in [0.25, 0.3) is 0 Å². The van der Waals surface area contributed by atoms with Gasteiger partial charge in [-0.1, -0.05) is 24.3 Å². The SMILES string of the molecule is N#CCC(=O)c1ccc(C(=O)OCc2ccc(C(F)(F)F)cc2)cc1. The molecule has 25 heavy (non-hydrogen) atoms. The van der Waals surface area contributed by atoms with E-state index < -0.39 is 17.7 Å². The van der Waals surface area contributed by atoms with Crippen molar-refractivity contribution in [3.05, 3.63) is 70.8 Å². The molecule has 0 fully saturated rings. The molecule has 0 aromatic heterocycles. The summed E-state index contributed by atoms with van der Waals surface area (Å²) >= 11 is 0. The largest absolute Gasteiger partial charge is 0.457 e. The second-order valence-electron chi connectivity index (χ2n) is 5.11. The highest BCUT2D eigenvalue weighted by atomic mass is 19.4. The minimum absolute atomic E-state index is 0.175. The fraction of sp³-hybridized carbons (Fsp3) is 0.167. The van der Waals surface area contributed by atoms with Gasteiger partial charge in [-0.3, -0.25) is 4.79 Å². The first-order valence-electron chi connectivity index (χ1n) is 7.14. The highest BCUT2D eigenvalue weighted by molar-refractivity contribution is 5.98. The predicted molar refractivity (Wildman–Crippen MR) is 81.6 cm³/mol. The van der Waals surface area contributed by atoms with Crippen LogP contribution in [0.15, 0.2) is 48.5 Å². The number of carbonyl (C=O) groups excluding carboxylic acids is 2. The number of esters is 1. The van der Waals surface area contributed by atoms with Crippen molar-refractivity contribution in [3.63, 3.8) is 0 Å². The summed E-state index contributed by atoms with van der Waals surface area (Å²) in [5.41, 5.74) is 0.142. The number of ether oxygens (including phenoxy) is 1. The number of hydrogen-bond acceptors (Lipinski definition) is 4. The topological polar surface area (TPSA) is 67.2 Å². The fourth-order valence-electron chi connectivity index (χ4n) is 1.99. The maximum Gasteiger partial charge on any atom is 0.416 e. The molecule has 128 valence electrons. The molecule has 0 amide bonds. The molecule has 0 aliphatic rings. The van der Waals surface area contributed by atoms with Crippen molar-refractivity contribution in [2.75, 3.05) is 0 Å². The summed E-state index contributed by atoms with van der Waals surface area (Å²) in [7, 11) is 0. The van der Waals surface area contributed by atoms with Gasteiger partial charge in [-0.2, -0.15) is 18.4 Å². The zero-order valence-corrected chi connectivity index (χ0v) is 12.8. The normalized spacial score (nSPS) is 10.8. The van der Waals surface area contributed by atoms with Crippen LogP contribution < -0.4 is 0 Å². The second kappa shape index (κ2) is 7.62. The van der Waals surface area contributed by atoms with E-state index in [1.54, 1.807) is 6.07 Å². The van der Waals surface area contributed by atoms with Crippen LogP contribution in [0, 0.1) is 11.3 Å². The number of carbonyl (C=O) groups is 2. The number of halogens is 3. The average Bonchev–Trinajstić information content (AvgIpc) is 2.59. The van der Waals surface area contributed by atoms with E-state index in [1.165, 1.54) is 36.4 Å². The van der Waals surface area contributed by atoms with Gasteiger partial charge in [0.05, 0.1) is 23.6 Å². The van der Waals surface area contributed by atoms with Crippen molar-refractivity contribution in [3.8, 4) is 6.07 Å². The van der Waals surface area contributed by atoms with Gasteiger partial charge in [0.25, 0.3) is 0 Å². The molecule has 0 atom stereocenters. The highest BCUT2D eigenvalue weighted by Gasteiger charge is 2.29. The van der Waals surface area contributed by atoms with Crippen LogP contribution in [0.3, 0.4) is 0 Å². The fourth-order valence-corrected chi connectivity index (χ4v) is 1.99. The van der Waals surface area contributed by atoms with Gasteiger partial charge in [0.1, 0.15) is 6.61 Å². The third kappa shape index (κ3) is 4.91. The summed E-state index contributed by atoms with van der Waals surface area (Å²) in [5, 5.41) is 8.47. The van der Waals surface area contributed by atoms with E-state index in [0.717, 1.165) is 12.1 Å². The Labute approximate surface area is 141 Å². The molecule has 0 bridgehead atoms. The third-order valence-corrected chi connectivity index (χ3v) is 3.33. The summed E-state index contributed by atoms with van der Waals surface area (Å²) in [4.78, 5) is 23.4. The lowest BCUT2D eigenvalue weighted by molar-refractivity contribution is -0.137. The second-order valence-corrected chi connectivity index (χ2v) is 5.11. The molecular weight excluding hydrogens is 335 g/mol. The Morgan fingerprint density at radius 3 is 2.04 bits per heavy atom. The zero-order chi connectivity index (χ0) is 18.4. The van der Waals surface area contributed by atoms with Gasteiger partial charge in [-0.15, -0.1) is 0 Å². The Balaban J connectivity index is 1.96. The first-order valence-corrected chi connectivity index (χ1v) is 7.14. The van der Waals surface area contributed by atoms with Crippen molar-refractivity contribution in [2.24, 2.45) is 0 Å². The molecule has 0 heterocycles. The minimum atomic E-state index is -4.42. The van der Waals surface area contributed by atoms with Crippen molar-refractivity contribution in [2.45, 2.75) is 19.2 Å². The Hall–Kier alpha value is -3.14. The molecule has 4 nitrogen and oxygen atoms in total. The minimum Gasteiger partial charge on any atom is -0.457 e. The molecule has 2 aromatic carbocycles. The highest BCUT2D eigenvalue weighted by Crippen LogP contribution is 2.29. The lowest BCUT2D eigenvalue weighted by atomic mass is 10.1. The van der Waals surface area contributed by atoms with Crippen LogP contribution in [0.5, 0.6) is 0 Å². The quantitative estimate of drug-likeness (QED) is 0.602. The van der Waals surface area contributed by atoms with E-state index >= 15 is 0 Å². The number of nitrogens with zero attached hydrogens (tertiary/aromatic N) is 1. The van der Waals surface area contributed by atoms with Gasteiger partial charge in [-0.05, 0) is 29.8 Å². The maximum atomic E-state index is 12.5. The summed E-state index contributed by atoms with van der Waals surface area (Å²) in [6.07, 6.45) is -4.67. The standard InChI is InChI=1S/C18H12F3NO3/c19-18(20,21)15-7-1-12(2-8-15)11-25-17(24)14-5-3-13(4-6-14)16(23)9-10-22/h1-8H,9,11H2. The van der Waals surface area contributed by atoms with Gasteiger partial charge in [0.15, 0.2) is 5.78 Å². The van der Waals surface area contributed by atoms with Gasteiger partial charge in [0, 0.05) is 5.56 Å². The number of ketones is 1. The van der Waals surface area contributed by atoms with Crippen LogP contribution in [-0.4, -0.2) is 11.8 Å². The zero-order valence-electron chi connectivity index (χ0n) is 12.8. The lowest BCUT2D eigenvalue weighted by Crippen LogP contribution is -2.07. The third-order valence-electron chi connectivity index (χ3n) is 3.33. The Morgan fingerprint density at radius 2 is 1.52 bits per heavy atom.